The first-order chi connectivity index (χ1) is 12.4. The molecule has 5 heteroatoms. The Balaban J connectivity index is 1.93. The van der Waals surface area contributed by atoms with Crippen molar-refractivity contribution in [1.29, 1.82) is 0 Å². The van der Waals surface area contributed by atoms with Gasteiger partial charge in [-0.25, -0.2) is 0 Å². The molecule has 0 radical (unpaired) electrons. The Morgan fingerprint density at radius 2 is 1.69 bits per heavy atom. The van der Waals surface area contributed by atoms with Crippen LogP contribution in [-0.2, 0) is 16.1 Å². The van der Waals surface area contributed by atoms with E-state index < -0.39 is 0 Å². The molecule has 0 fully saturated rings. The van der Waals surface area contributed by atoms with E-state index >= 15 is 0 Å². The molecule has 0 saturated heterocycles. The van der Waals surface area contributed by atoms with Gasteiger partial charge >= 0.3 is 0 Å². The Bertz CT molecular complexity index is 766. The number of para-hydroxylation sites is 2. The van der Waals surface area contributed by atoms with E-state index in [0.29, 0.717) is 13.2 Å². The molecule has 0 aliphatic carbocycles. The molecule has 26 heavy (non-hydrogen) atoms. The van der Waals surface area contributed by atoms with Gasteiger partial charge in [-0.2, -0.15) is 0 Å². The average Bonchev–Trinajstić information content (AvgIpc) is 2.59. The lowest BCUT2D eigenvalue weighted by atomic mass is 10.1. The topological polar surface area (TPSA) is 58.6 Å². The molecule has 0 saturated carbocycles. The molecule has 0 spiro atoms. The zero-order valence-corrected chi connectivity index (χ0v) is 15.8. The maximum absolute atomic E-state index is 12.3. The van der Waals surface area contributed by atoms with Crippen LogP contribution in [0.5, 0.6) is 5.75 Å². The van der Waals surface area contributed by atoms with Crippen molar-refractivity contribution < 1.29 is 14.3 Å². The lowest BCUT2D eigenvalue weighted by molar-refractivity contribution is -0.128. The highest BCUT2D eigenvalue weighted by atomic mass is 16.5. The van der Waals surface area contributed by atoms with Gasteiger partial charge in [0, 0.05) is 26.2 Å². The molecule has 0 atom stereocenters. The molecule has 0 aliphatic heterocycles. The number of hydrogen-bond acceptors (Lipinski definition) is 3. The van der Waals surface area contributed by atoms with Crippen molar-refractivity contribution in [2.24, 2.45) is 0 Å². The molecule has 0 aromatic heterocycles. The summed E-state index contributed by atoms with van der Waals surface area (Å²) in [4.78, 5) is 25.3. The number of ether oxygens (including phenoxy) is 1. The molecule has 2 amide bonds. The number of anilines is 1. The van der Waals surface area contributed by atoms with E-state index in [1.165, 1.54) is 6.92 Å². The fourth-order valence-electron chi connectivity index (χ4n) is 2.63. The maximum Gasteiger partial charge on any atom is 0.227 e. The summed E-state index contributed by atoms with van der Waals surface area (Å²) >= 11 is 0. The fourth-order valence-corrected chi connectivity index (χ4v) is 2.63. The Kier molecular flexibility index (Phi) is 6.78. The molecular formula is C21H26N2O3. The minimum Gasteiger partial charge on any atom is -0.493 e. The third-order valence-electron chi connectivity index (χ3n) is 4.22. The van der Waals surface area contributed by atoms with Crippen molar-refractivity contribution in [3.63, 3.8) is 0 Å². The van der Waals surface area contributed by atoms with Gasteiger partial charge in [-0.3, -0.25) is 9.59 Å². The largest absolute Gasteiger partial charge is 0.493 e. The van der Waals surface area contributed by atoms with Crippen molar-refractivity contribution >= 4 is 17.5 Å². The van der Waals surface area contributed by atoms with Crippen LogP contribution in [0.1, 0.15) is 30.0 Å². The zero-order valence-electron chi connectivity index (χ0n) is 15.8. The summed E-state index contributed by atoms with van der Waals surface area (Å²) < 4.78 is 5.79. The standard InChI is InChI=1S/C21H26N2O3/c1-15-8-7-9-16(2)21(15)26-13-12-20(25)22-19-11-6-5-10-18(19)14-23(4)17(3)24/h5-11H,12-14H2,1-4H3,(H,22,25). The van der Waals surface area contributed by atoms with Crippen LogP contribution < -0.4 is 10.1 Å². The van der Waals surface area contributed by atoms with Gasteiger partial charge < -0.3 is 15.0 Å². The van der Waals surface area contributed by atoms with E-state index in [9.17, 15) is 9.59 Å². The molecule has 2 rings (SSSR count). The quantitative estimate of drug-likeness (QED) is 0.825. The highest BCUT2D eigenvalue weighted by molar-refractivity contribution is 5.91. The second-order valence-corrected chi connectivity index (χ2v) is 6.40. The van der Waals surface area contributed by atoms with Gasteiger partial charge in [0.1, 0.15) is 5.75 Å². The third-order valence-corrected chi connectivity index (χ3v) is 4.22. The van der Waals surface area contributed by atoms with Crippen LogP contribution in [0, 0.1) is 13.8 Å². The third kappa shape index (κ3) is 5.34. The van der Waals surface area contributed by atoms with E-state index in [0.717, 1.165) is 28.1 Å². The summed E-state index contributed by atoms with van der Waals surface area (Å²) in [5.41, 5.74) is 3.73. The lowest BCUT2D eigenvalue weighted by Gasteiger charge is -2.18. The number of nitrogens with zero attached hydrogens (tertiary/aromatic N) is 1. The van der Waals surface area contributed by atoms with Crippen molar-refractivity contribution in [2.45, 2.75) is 33.7 Å². The molecule has 0 bridgehead atoms. The van der Waals surface area contributed by atoms with Crippen LogP contribution >= 0.6 is 0 Å². The summed E-state index contributed by atoms with van der Waals surface area (Å²) in [6.07, 6.45) is 0.255. The normalized spacial score (nSPS) is 10.3. The number of nitrogens with one attached hydrogen (secondary N) is 1. The van der Waals surface area contributed by atoms with Crippen molar-refractivity contribution in [3.05, 3.63) is 59.2 Å². The fraction of sp³-hybridized carbons (Fsp3) is 0.333. The highest BCUT2D eigenvalue weighted by Crippen LogP contribution is 2.22. The molecular weight excluding hydrogens is 328 g/mol. The van der Waals surface area contributed by atoms with E-state index in [4.69, 9.17) is 4.74 Å². The average molecular weight is 354 g/mol. The Morgan fingerprint density at radius 3 is 2.35 bits per heavy atom. The maximum atomic E-state index is 12.3. The first-order valence-corrected chi connectivity index (χ1v) is 8.67. The summed E-state index contributed by atoms with van der Waals surface area (Å²) in [5.74, 6) is 0.700. The van der Waals surface area contributed by atoms with E-state index in [-0.39, 0.29) is 18.2 Å². The van der Waals surface area contributed by atoms with Gasteiger partial charge in [-0.05, 0) is 36.6 Å². The zero-order chi connectivity index (χ0) is 19.1. The number of rotatable bonds is 7. The molecule has 0 heterocycles. The van der Waals surface area contributed by atoms with Gasteiger partial charge in [0.2, 0.25) is 11.8 Å². The number of benzene rings is 2. The van der Waals surface area contributed by atoms with Gasteiger partial charge in [-0.1, -0.05) is 36.4 Å². The Labute approximate surface area is 155 Å². The van der Waals surface area contributed by atoms with Crippen molar-refractivity contribution in [2.75, 3.05) is 19.0 Å². The minimum absolute atomic E-state index is 0.0202. The summed E-state index contributed by atoms with van der Waals surface area (Å²) in [6.45, 7) is 6.26. The molecule has 0 aliphatic rings. The first-order valence-electron chi connectivity index (χ1n) is 8.67. The van der Waals surface area contributed by atoms with Crippen LogP contribution in [0.2, 0.25) is 0 Å². The van der Waals surface area contributed by atoms with Crippen LogP contribution in [0.15, 0.2) is 42.5 Å². The second-order valence-electron chi connectivity index (χ2n) is 6.40. The highest BCUT2D eigenvalue weighted by Gasteiger charge is 2.11. The predicted octanol–water partition coefficient (Wildman–Crippen LogP) is 3.69. The molecule has 2 aromatic rings. The number of amides is 2. The SMILES string of the molecule is CC(=O)N(C)Cc1ccccc1NC(=O)CCOc1c(C)cccc1C. The van der Waals surface area contributed by atoms with E-state index in [2.05, 4.69) is 5.32 Å². The molecule has 1 N–H and O–H groups in total. The molecule has 138 valence electrons. The van der Waals surface area contributed by atoms with Gasteiger partial charge in [0.05, 0.1) is 13.0 Å². The van der Waals surface area contributed by atoms with Crippen molar-refractivity contribution in [1.82, 2.24) is 4.90 Å². The smallest absolute Gasteiger partial charge is 0.227 e. The minimum atomic E-state index is -0.117. The summed E-state index contributed by atoms with van der Waals surface area (Å²) in [5, 5.41) is 2.91. The summed E-state index contributed by atoms with van der Waals surface area (Å²) in [6, 6.07) is 13.5. The van der Waals surface area contributed by atoms with Crippen LogP contribution in [-0.4, -0.2) is 30.4 Å². The predicted molar refractivity (Wildman–Crippen MR) is 103 cm³/mol. The number of carbonyl (C=O) groups excluding carboxylic acids is 2. The number of carbonyl (C=O) groups is 2. The van der Waals surface area contributed by atoms with Crippen molar-refractivity contribution in [3.8, 4) is 5.75 Å². The van der Waals surface area contributed by atoms with E-state index in [1.807, 2.05) is 56.3 Å². The van der Waals surface area contributed by atoms with Gasteiger partial charge in [0.25, 0.3) is 0 Å². The Hall–Kier alpha value is -2.82. The summed E-state index contributed by atoms with van der Waals surface area (Å²) in [7, 11) is 1.74. The number of aryl methyl sites for hydroxylation is 2. The Morgan fingerprint density at radius 1 is 1.04 bits per heavy atom. The second kappa shape index (κ2) is 9.04. The molecule has 2 aromatic carbocycles. The first kappa shape index (κ1) is 19.5. The van der Waals surface area contributed by atoms with Gasteiger partial charge in [-0.15, -0.1) is 0 Å². The van der Waals surface area contributed by atoms with Crippen LogP contribution in [0.3, 0.4) is 0 Å². The van der Waals surface area contributed by atoms with Crippen LogP contribution in [0.25, 0.3) is 0 Å². The molecule has 0 unspecified atom stereocenters. The van der Waals surface area contributed by atoms with Gasteiger partial charge in [0.15, 0.2) is 0 Å². The van der Waals surface area contributed by atoms with Crippen LogP contribution in [0.4, 0.5) is 5.69 Å². The molecule has 5 nitrogen and oxygen atoms in total. The monoisotopic (exact) mass is 354 g/mol. The van der Waals surface area contributed by atoms with E-state index in [1.54, 1.807) is 11.9 Å². The lowest BCUT2D eigenvalue weighted by Crippen LogP contribution is -2.24. The number of hydrogen-bond donors (Lipinski definition) is 1.